The summed E-state index contributed by atoms with van der Waals surface area (Å²) in [6, 6.07) is 10.7. The van der Waals surface area contributed by atoms with Crippen LogP contribution in [-0.2, 0) is 17.6 Å². The van der Waals surface area contributed by atoms with Gasteiger partial charge in [0.05, 0.1) is 12.3 Å². The quantitative estimate of drug-likeness (QED) is 0.589. The van der Waals surface area contributed by atoms with Gasteiger partial charge in [0.15, 0.2) is 5.65 Å². The highest BCUT2D eigenvalue weighted by molar-refractivity contribution is 5.68. The molecule has 1 saturated heterocycles. The third-order valence-electron chi connectivity index (χ3n) is 6.34. The maximum absolute atomic E-state index is 5.54. The molecule has 0 N–H and O–H groups in total. The van der Waals surface area contributed by atoms with Crippen molar-refractivity contribution >= 4 is 11.5 Å². The molecule has 0 amide bonds. The molecular formula is C24H31N5O. The molecule has 3 heterocycles. The Hall–Kier alpha value is -2.44. The van der Waals surface area contributed by atoms with Gasteiger partial charge in [0.2, 0.25) is 0 Å². The normalized spacial score (nSPS) is 17.1. The topological polar surface area (TPSA) is 45.9 Å². The lowest BCUT2D eigenvalue weighted by atomic mass is 10.1. The van der Waals surface area contributed by atoms with E-state index in [0.29, 0.717) is 0 Å². The van der Waals surface area contributed by atoms with E-state index in [1.54, 1.807) is 0 Å². The summed E-state index contributed by atoms with van der Waals surface area (Å²) < 4.78 is 7.65. The van der Waals surface area contributed by atoms with E-state index in [-0.39, 0.29) is 0 Å². The Kier molecular flexibility index (Phi) is 5.44. The van der Waals surface area contributed by atoms with E-state index >= 15 is 0 Å². The van der Waals surface area contributed by atoms with Crippen molar-refractivity contribution in [3.63, 3.8) is 0 Å². The highest BCUT2D eigenvalue weighted by atomic mass is 16.5. The maximum atomic E-state index is 5.54. The SMILES string of the molecule is CCOCCN1CCN(c2c3c(nc4cc(-c5cccc(C)c5)nn24)CCC3)CC1. The second-order valence-corrected chi connectivity index (χ2v) is 8.41. The zero-order valence-corrected chi connectivity index (χ0v) is 18.1. The molecule has 0 unspecified atom stereocenters. The van der Waals surface area contributed by atoms with Crippen molar-refractivity contribution in [1.82, 2.24) is 19.5 Å². The summed E-state index contributed by atoms with van der Waals surface area (Å²) in [6.45, 7) is 11.0. The van der Waals surface area contributed by atoms with E-state index in [4.69, 9.17) is 14.8 Å². The Morgan fingerprint density at radius 3 is 2.73 bits per heavy atom. The number of ether oxygens (including phenoxy) is 1. The summed E-state index contributed by atoms with van der Waals surface area (Å²) in [4.78, 5) is 10.0. The van der Waals surface area contributed by atoms with Gasteiger partial charge in [-0.25, -0.2) is 4.98 Å². The van der Waals surface area contributed by atoms with Gasteiger partial charge in [-0.1, -0.05) is 23.8 Å². The fourth-order valence-electron chi connectivity index (χ4n) is 4.76. The lowest BCUT2D eigenvalue weighted by Crippen LogP contribution is -2.48. The summed E-state index contributed by atoms with van der Waals surface area (Å²) in [5.74, 6) is 1.27. The van der Waals surface area contributed by atoms with Crippen molar-refractivity contribution in [2.24, 2.45) is 0 Å². The number of rotatable bonds is 6. The predicted octanol–water partition coefficient (Wildman–Crippen LogP) is 3.35. The van der Waals surface area contributed by atoms with Crippen molar-refractivity contribution in [2.75, 3.05) is 50.8 Å². The number of hydrogen-bond donors (Lipinski definition) is 0. The van der Waals surface area contributed by atoms with E-state index in [1.165, 1.54) is 29.1 Å². The van der Waals surface area contributed by atoms with Crippen molar-refractivity contribution in [3.05, 3.63) is 47.2 Å². The molecule has 0 bridgehead atoms. The third-order valence-corrected chi connectivity index (χ3v) is 6.34. The summed E-state index contributed by atoms with van der Waals surface area (Å²) >= 11 is 0. The molecule has 1 fully saturated rings. The third kappa shape index (κ3) is 3.70. The Bertz CT molecular complexity index is 1040. The van der Waals surface area contributed by atoms with Crippen LogP contribution in [0, 0.1) is 6.92 Å². The predicted molar refractivity (Wildman–Crippen MR) is 120 cm³/mol. The minimum absolute atomic E-state index is 0.795. The minimum atomic E-state index is 0.795. The fourth-order valence-corrected chi connectivity index (χ4v) is 4.76. The summed E-state index contributed by atoms with van der Waals surface area (Å²) in [5.41, 5.74) is 7.07. The molecule has 0 radical (unpaired) electrons. The average Bonchev–Trinajstić information content (AvgIpc) is 3.39. The molecule has 0 saturated carbocycles. The standard InChI is InChI=1S/C24H31N5O/c1-3-30-15-14-27-10-12-28(13-11-27)24-20-8-5-9-21(20)25-23-17-22(26-29(23)24)19-7-4-6-18(2)16-19/h4,6-7,16-17H,3,5,8-15H2,1-2H3. The number of aromatic nitrogens is 3. The first-order valence-electron chi connectivity index (χ1n) is 11.3. The number of fused-ring (bicyclic) bond motifs is 2. The van der Waals surface area contributed by atoms with Crippen LogP contribution in [0.15, 0.2) is 30.3 Å². The van der Waals surface area contributed by atoms with Gasteiger partial charge in [-0.2, -0.15) is 9.61 Å². The molecule has 0 atom stereocenters. The van der Waals surface area contributed by atoms with Gasteiger partial charge in [0.25, 0.3) is 0 Å². The second kappa shape index (κ2) is 8.36. The van der Waals surface area contributed by atoms with E-state index in [2.05, 4.69) is 58.5 Å². The maximum Gasteiger partial charge on any atom is 0.158 e. The van der Waals surface area contributed by atoms with Gasteiger partial charge >= 0.3 is 0 Å². The molecule has 3 aromatic rings. The van der Waals surface area contributed by atoms with Crippen LogP contribution in [0.4, 0.5) is 5.82 Å². The number of anilines is 1. The van der Waals surface area contributed by atoms with Gasteiger partial charge < -0.3 is 9.64 Å². The number of nitrogens with zero attached hydrogens (tertiary/aromatic N) is 5. The Morgan fingerprint density at radius 2 is 1.93 bits per heavy atom. The van der Waals surface area contributed by atoms with Crippen LogP contribution < -0.4 is 4.90 Å². The zero-order chi connectivity index (χ0) is 20.5. The van der Waals surface area contributed by atoms with Crippen LogP contribution in [0.3, 0.4) is 0 Å². The van der Waals surface area contributed by atoms with Crippen molar-refractivity contribution in [3.8, 4) is 11.3 Å². The highest BCUT2D eigenvalue weighted by Crippen LogP contribution is 2.33. The Labute approximate surface area is 178 Å². The molecule has 1 aromatic carbocycles. The number of piperazine rings is 1. The number of benzene rings is 1. The second-order valence-electron chi connectivity index (χ2n) is 8.41. The van der Waals surface area contributed by atoms with Crippen LogP contribution in [0.2, 0.25) is 0 Å². The Morgan fingerprint density at radius 1 is 1.07 bits per heavy atom. The first-order chi connectivity index (χ1) is 14.7. The molecule has 2 aliphatic rings. The molecule has 2 aromatic heterocycles. The number of hydrogen-bond acceptors (Lipinski definition) is 5. The monoisotopic (exact) mass is 405 g/mol. The Balaban J connectivity index is 1.47. The van der Waals surface area contributed by atoms with Gasteiger partial charge in [-0.15, -0.1) is 0 Å². The largest absolute Gasteiger partial charge is 0.380 e. The van der Waals surface area contributed by atoms with Gasteiger partial charge in [-0.3, -0.25) is 4.90 Å². The molecule has 158 valence electrons. The lowest BCUT2D eigenvalue weighted by molar-refractivity contribution is 0.111. The first-order valence-corrected chi connectivity index (χ1v) is 11.3. The van der Waals surface area contributed by atoms with Crippen molar-refractivity contribution < 1.29 is 4.74 Å². The molecule has 30 heavy (non-hydrogen) atoms. The molecule has 5 rings (SSSR count). The van der Waals surface area contributed by atoms with Crippen LogP contribution in [0.5, 0.6) is 0 Å². The van der Waals surface area contributed by atoms with Gasteiger partial charge in [-0.05, 0) is 39.2 Å². The van der Waals surface area contributed by atoms with E-state index in [1.807, 2.05) is 0 Å². The fraction of sp³-hybridized carbons (Fsp3) is 0.500. The van der Waals surface area contributed by atoms with Gasteiger partial charge in [0.1, 0.15) is 5.82 Å². The summed E-state index contributed by atoms with van der Waals surface area (Å²) in [6.07, 6.45) is 3.39. The van der Waals surface area contributed by atoms with Crippen LogP contribution in [0.25, 0.3) is 16.9 Å². The lowest BCUT2D eigenvalue weighted by Gasteiger charge is -2.36. The van der Waals surface area contributed by atoms with Crippen molar-refractivity contribution in [2.45, 2.75) is 33.1 Å². The molecule has 0 spiro atoms. The minimum Gasteiger partial charge on any atom is -0.380 e. The van der Waals surface area contributed by atoms with Crippen molar-refractivity contribution in [1.29, 1.82) is 0 Å². The smallest absolute Gasteiger partial charge is 0.158 e. The van der Waals surface area contributed by atoms with E-state index < -0.39 is 0 Å². The van der Waals surface area contributed by atoms with Gasteiger partial charge in [0, 0.05) is 62.2 Å². The molecule has 1 aliphatic heterocycles. The molecule has 1 aliphatic carbocycles. The van der Waals surface area contributed by atoms with E-state index in [0.717, 1.165) is 75.7 Å². The molecule has 6 nitrogen and oxygen atoms in total. The average molecular weight is 406 g/mol. The summed E-state index contributed by atoms with van der Waals surface area (Å²) in [7, 11) is 0. The van der Waals surface area contributed by atoms with Crippen LogP contribution in [-0.4, -0.2) is 65.4 Å². The van der Waals surface area contributed by atoms with Crippen LogP contribution in [0.1, 0.15) is 30.2 Å². The molecule has 6 heteroatoms. The first kappa shape index (κ1) is 19.5. The highest BCUT2D eigenvalue weighted by Gasteiger charge is 2.27. The summed E-state index contributed by atoms with van der Waals surface area (Å²) in [5, 5.41) is 5.04. The zero-order valence-electron chi connectivity index (χ0n) is 18.1. The number of aryl methyl sites for hydroxylation is 2. The molecular weight excluding hydrogens is 374 g/mol. The van der Waals surface area contributed by atoms with Crippen LogP contribution >= 0.6 is 0 Å². The van der Waals surface area contributed by atoms with E-state index in [9.17, 15) is 0 Å².